The number of fused-ring (bicyclic) bond motifs is 1. The van der Waals surface area contributed by atoms with Gasteiger partial charge < -0.3 is 11.1 Å². The van der Waals surface area contributed by atoms with Gasteiger partial charge in [0.25, 0.3) is 0 Å². The van der Waals surface area contributed by atoms with E-state index < -0.39 is 0 Å². The summed E-state index contributed by atoms with van der Waals surface area (Å²) >= 11 is 1.61. The standard InChI is InChI=1S/C8H13N3S/c1-2-5-3-6-7(4-10-5)12-8(9)11-6/h5,10H,2-4H2,1H3,(H2,9,11)/t5-/m1/s1. The van der Waals surface area contributed by atoms with Gasteiger partial charge in [-0.05, 0) is 6.42 Å². The number of nitrogens with zero attached hydrogens (tertiary/aromatic N) is 1. The van der Waals surface area contributed by atoms with Crippen molar-refractivity contribution in [1.82, 2.24) is 10.3 Å². The van der Waals surface area contributed by atoms with Crippen molar-refractivity contribution in [3.8, 4) is 0 Å². The highest BCUT2D eigenvalue weighted by Crippen LogP contribution is 2.25. The molecule has 0 radical (unpaired) electrons. The summed E-state index contributed by atoms with van der Waals surface area (Å²) < 4.78 is 0. The van der Waals surface area contributed by atoms with E-state index in [1.165, 1.54) is 10.6 Å². The molecule has 0 aliphatic carbocycles. The number of nitrogens with two attached hydrogens (primary N) is 1. The lowest BCUT2D eigenvalue weighted by Crippen LogP contribution is -2.34. The maximum atomic E-state index is 5.62. The highest BCUT2D eigenvalue weighted by Gasteiger charge is 2.19. The second-order valence-corrected chi connectivity index (χ2v) is 4.23. The minimum atomic E-state index is 0.596. The molecule has 0 fully saturated rings. The molecule has 0 saturated carbocycles. The van der Waals surface area contributed by atoms with Gasteiger partial charge in [0.1, 0.15) is 0 Å². The van der Waals surface area contributed by atoms with Crippen LogP contribution >= 0.6 is 11.3 Å². The van der Waals surface area contributed by atoms with Crippen LogP contribution in [0.3, 0.4) is 0 Å². The highest BCUT2D eigenvalue weighted by molar-refractivity contribution is 7.15. The molecule has 4 heteroatoms. The van der Waals surface area contributed by atoms with Crippen molar-refractivity contribution in [1.29, 1.82) is 0 Å². The molecule has 1 aliphatic rings. The minimum absolute atomic E-state index is 0.596. The monoisotopic (exact) mass is 183 g/mol. The fourth-order valence-electron chi connectivity index (χ4n) is 1.53. The molecule has 2 heterocycles. The summed E-state index contributed by atoms with van der Waals surface area (Å²) in [7, 11) is 0. The van der Waals surface area contributed by atoms with Crippen molar-refractivity contribution in [3.63, 3.8) is 0 Å². The summed E-state index contributed by atoms with van der Waals surface area (Å²) in [5, 5.41) is 4.16. The molecule has 0 saturated heterocycles. The first kappa shape index (κ1) is 8.01. The Hall–Kier alpha value is -0.610. The van der Waals surface area contributed by atoms with E-state index in [0.717, 1.165) is 19.4 Å². The van der Waals surface area contributed by atoms with E-state index in [-0.39, 0.29) is 0 Å². The Balaban J connectivity index is 2.22. The lowest BCUT2D eigenvalue weighted by atomic mass is 10.0. The number of hydrogen-bond donors (Lipinski definition) is 2. The average Bonchev–Trinajstić information content (AvgIpc) is 2.43. The molecule has 1 atom stereocenters. The second-order valence-electron chi connectivity index (χ2n) is 3.11. The molecule has 1 aliphatic heterocycles. The fraction of sp³-hybridized carbons (Fsp3) is 0.625. The van der Waals surface area contributed by atoms with Gasteiger partial charge in [-0.25, -0.2) is 4.98 Å². The number of hydrogen-bond acceptors (Lipinski definition) is 4. The molecular formula is C8H13N3S. The summed E-state index contributed by atoms with van der Waals surface area (Å²) in [5.74, 6) is 0. The number of rotatable bonds is 1. The van der Waals surface area contributed by atoms with Crippen molar-refractivity contribution in [2.75, 3.05) is 5.73 Å². The van der Waals surface area contributed by atoms with Gasteiger partial charge in [0.2, 0.25) is 0 Å². The van der Waals surface area contributed by atoms with Crippen LogP contribution in [0.5, 0.6) is 0 Å². The zero-order valence-corrected chi connectivity index (χ0v) is 7.95. The van der Waals surface area contributed by atoms with Crippen molar-refractivity contribution in [2.24, 2.45) is 0 Å². The Morgan fingerprint density at radius 1 is 1.75 bits per heavy atom. The zero-order valence-electron chi connectivity index (χ0n) is 7.13. The number of nitrogens with one attached hydrogen (secondary N) is 1. The number of nitrogen functional groups attached to an aromatic ring is 1. The number of anilines is 1. The number of aromatic nitrogens is 1. The quantitative estimate of drug-likeness (QED) is 0.686. The molecule has 2 rings (SSSR count). The molecule has 3 nitrogen and oxygen atoms in total. The zero-order chi connectivity index (χ0) is 8.55. The van der Waals surface area contributed by atoms with Crippen molar-refractivity contribution >= 4 is 16.5 Å². The smallest absolute Gasteiger partial charge is 0.180 e. The van der Waals surface area contributed by atoms with Gasteiger partial charge in [0, 0.05) is 23.9 Å². The van der Waals surface area contributed by atoms with Gasteiger partial charge >= 0.3 is 0 Å². The van der Waals surface area contributed by atoms with E-state index in [1.54, 1.807) is 11.3 Å². The van der Waals surface area contributed by atoms with Crippen LogP contribution in [0.2, 0.25) is 0 Å². The van der Waals surface area contributed by atoms with Crippen LogP contribution in [-0.4, -0.2) is 11.0 Å². The Morgan fingerprint density at radius 2 is 2.58 bits per heavy atom. The molecule has 3 N–H and O–H groups in total. The molecule has 12 heavy (non-hydrogen) atoms. The molecule has 0 spiro atoms. The van der Waals surface area contributed by atoms with Crippen molar-refractivity contribution in [2.45, 2.75) is 32.4 Å². The van der Waals surface area contributed by atoms with Crippen LogP contribution in [0.15, 0.2) is 0 Å². The Kier molecular flexibility index (Phi) is 2.02. The minimum Gasteiger partial charge on any atom is -0.375 e. The van der Waals surface area contributed by atoms with Crippen molar-refractivity contribution in [3.05, 3.63) is 10.6 Å². The summed E-state index contributed by atoms with van der Waals surface area (Å²) in [4.78, 5) is 5.62. The third-order valence-corrected chi connectivity index (χ3v) is 3.21. The highest BCUT2D eigenvalue weighted by atomic mass is 32.1. The van der Waals surface area contributed by atoms with Gasteiger partial charge in [0.05, 0.1) is 5.69 Å². The maximum absolute atomic E-state index is 5.62. The van der Waals surface area contributed by atoms with E-state index in [2.05, 4.69) is 17.2 Å². The topological polar surface area (TPSA) is 50.9 Å². The van der Waals surface area contributed by atoms with Crippen LogP contribution in [-0.2, 0) is 13.0 Å². The van der Waals surface area contributed by atoms with Crippen molar-refractivity contribution < 1.29 is 0 Å². The van der Waals surface area contributed by atoms with Gasteiger partial charge in [-0.2, -0.15) is 0 Å². The van der Waals surface area contributed by atoms with Gasteiger partial charge in [-0.3, -0.25) is 0 Å². The normalized spacial score (nSPS) is 22.2. The van der Waals surface area contributed by atoms with E-state index in [9.17, 15) is 0 Å². The molecule has 0 aromatic carbocycles. The van der Waals surface area contributed by atoms with Crippen LogP contribution in [0.4, 0.5) is 5.13 Å². The molecular weight excluding hydrogens is 170 g/mol. The molecule has 1 aromatic heterocycles. The lowest BCUT2D eigenvalue weighted by Gasteiger charge is -2.20. The molecule has 66 valence electrons. The first-order chi connectivity index (χ1) is 5.79. The third kappa shape index (κ3) is 1.32. The summed E-state index contributed by atoms with van der Waals surface area (Å²) in [6.07, 6.45) is 2.20. The summed E-state index contributed by atoms with van der Waals surface area (Å²) in [5.41, 5.74) is 6.84. The average molecular weight is 183 g/mol. The molecule has 1 aromatic rings. The van der Waals surface area contributed by atoms with Gasteiger partial charge in [0.15, 0.2) is 5.13 Å². The van der Waals surface area contributed by atoms with E-state index in [0.29, 0.717) is 11.2 Å². The van der Waals surface area contributed by atoms with Crippen LogP contribution in [0.25, 0.3) is 0 Å². The van der Waals surface area contributed by atoms with Crippen LogP contribution in [0.1, 0.15) is 23.9 Å². The Labute approximate surface area is 76.0 Å². The Morgan fingerprint density at radius 3 is 3.33 bits per heavy atom. The SMILES string of the molecule is CC[C@@H]1Cc2nc(N)sc2CN1. The van der Waals surface area contributed by atoms with E-state index >= 15 is 0 Å². The number of thiazole rings is 1. The summed E-state index contributed by atoms with van der Waals surface area (Å²) in [6.45, 7) is 3.14. The molecule has 0 amide bonds. The lowest BCUT2D eigenvalue weighted by molar-refractivity contribution is 0.467. The first-order valence-electron chi connectivity index (χ1n) is 4.27. The molecule has 0 unspecified atom stereocenters. The van der Waals surface area contributed by atoms with E-state index in [4.69, 9.17) is 5.73 Å². The predicted octanol–water partition coefficient (Wildman–Crippen LogP) is 1.15. The van der Waals surface area contributed by atoms with Gasteiger partial charge in [-0.15, -0.1) is 11.3 Å². The Bertz CT molecular complexity index is 282. The summed E-state index contributed by atoms with van der Waals surface area (Å²) in [6, 6.07) is 0.596. The van der Waals surface area contributed by atoms with Crippen LogP contribution < -0.4 is 11.1 Å². The second kappa shape index (κ2) is 3.03. The maximum Gasteiger partial charge on any atom is 0.180 e. The van der Waals surface area contributed by atoms with Crippen LogP contribution in [0, 0.1) is 0 Å². The largest absolute Gasteiger partial charge is 0.375 e. The van der Waals surface area contributed by atoms with E-state index in [1.807, 2.05) is 0 Å². The first-order valence-corrected chi connectivity index (χ1v) is 5.08. The third-order valence-electron chi connectivity index (χ3n) is 2.28. The predicted molar refractivity (Wildman–Crippen MR) is 51.1 cm³/mol. The molecule has 0 bridgehead atoms. The fourth-order valence-corrected chi connectivity index (χ4v) is 2.34. The van der Waals surface area contributed by atoms with Gasteiger partial charge in [-0.1, -0.05) is 6.92 Å².